The van der Waals surface area contributed by atoms with Gasteiger partial charge in [-0.2, -0.15) is 5.26 Å². The number of nitrogens with one attached hydrogen (secondary N) is 2. The summed E-state index contributed by atoms with van der Waals surface area (Å²) >= 11 is 1.17. The van der Waals surface area contributed by atoms with E-state index in [0.29, 0.717) is 40.0 Å². The Bertz CT molecular complexity index is 1270. The van der Waals surface area contributed by atoms with E-state index in [9.17, 15) is 14.9 Å². The summed E-state index contributed by atoms with van der Waals surface area (Å²) in [5, 5.41) is 15.2. The van der Waals surface area contributed by atoms with Crippen molar-refractivity contribution < 1.29 is 19.1 Å². The van der Waals surface area contributed by atoms with Gasteiger partial charge in [-0.1, -0.05) is 36.0 Å². The van der Waals surface area contributed by atoms with E-state index in [-0.39, 0.29) is 24.2 Å². The van der Waals surface area contributed by atoms with Gasteiger partial charge in [0.2, 0.25) is 12.7 Å². The Labute approximate surface area is 201 Å². The number of amides is 2. The van der Waals surface area contributed by atoms with Crippen molar-refractivity contribution in [2.75, 3.05) is 12.1 Å². The van der Waals surface area contributed by atoms with Crippen molar-refractivity contribution in [3.63, 3.8) is 0 Å². The summed E-state index contributed by atoms with van der Waals surface area (Å²) in [5.74, 6) is 0.796. The first-order valence-corrected chi connectivity index (χ1v) is 11.4. The zero-order chi connectivity index (χ0) is 24.1. The number of aryl methyl sites for hydroxylation is 1. The predicted molar refractivity (Wildman–Crippen MR) is 128 cm³/mol. The van der Waals surface area contributed by atoms with E-state index in [1.807, 2.05) is 36.4 Å². The third-order valence-corrected chi connectivity index (χ3v) is 6.24. The number of hydrogen-bond donors (Lipinski definition) is 2. The molecule has 34 heavy (non-hydrogen) atoms. The Morgan fingerprint density at radius 2 is 1.91 bits per heavy atom. The fourth-order valence-electron chi connectivity index (χ4n) is 3.31. The van der Waals surface area contributed by atoms with Crippen molar-refractivity contribution >= 4 is 29.3 Å². The molecule has 0 saturated heterocycles. The van der Waals surface area contributed by atoms with Crippen LogP contribution in [0, 0.1) is 18.3 Å². The smallest absolute Gasteiger partial charge is 0.257 e. The van der Waals surface area contributed by atoms with Gasteiger partial charge >= 0.3 is 0 Å². The molecule has 2 N–H and O–H groups in total. The number of aromatic nitrogens is 1. The molecular formula is C25H22N4O4S. The molecule has 0 radical (unpaired) electrons. The molecule has 1 aromatic heterocycles. The molecule has 1 aliphatic heterocycles. The van der Waals surface area contributed by atoms with Crippen LogP contribution in [0.2, 0.25) is 0 Å². The van der Waals surface area contributed by atoms with Gasteiger partial charge in [-0.25, -0.2) is 4.98 Å². The van der Waals surface area contributed by atoms with E-state index in [2.05, 4.69) is 21.7 Å². The van der Waals surface area contributed by atoms with Gasteiger partial charge in [-0.15, -0.1) is 0 Å². The Hall–Kier alpha value is -4.03. The molecule has 3 aromatic rings. The number of rotatable bonds is 7. The monoisotopic (exact) mass is 474 g/mol. The average Bonchev–Trinajstić information content (AvgIpc) is 3.31. The average molecular weight is 475 g/mol. The lowest BCUT2D eigenvalue weighted by Crippen LogP contribution is -2.30. The highest BCUT2D eigenvalue weighted by Crippen LogP contribution is 2.32. The fraction of sp³-hybridized carbons (Fsp3) is 0.200. The summed E-state index contributed by atoms with van der Waals surface area (Å²) in [6.45, 7) is 3.97. The minimum atomic E-state index is -0.503. The maximum Gasteiger partial charge on any atom is 0.257 e. The zero-order valence-corrected chi connectivity index (χ0v) is 19.4. The third kappa shape index (κ3) is 5.30. The Morgan fingerprint density at radius 1 is 1.15 bits per heavy atom. The Balaban J connectivity index is 1.41. The van der Waals surface area contributed by atoms with E-state index < -0.39 is 5.25 Å². The van der Waals surface area contributed by atoms with E-state index in [1.54, 1.807) is 26.0 Å². The molecule has 4 rings (SSSR count). The van der Waals surface area contributed by atoms with Crippen LogP contribution in [-0.4, -0.2) is 28.8 Å². The summed E-state index contributed by atoms with van der Waals surface area (Å²) in [6.07, 6.45) is 0. The second-order valence-corrected chi connectivity index (χ2v) is 8.90. The maximum atomic E-state index is 12.7. The third-order valence-electron chi connectivity index (χ3n) is 5.14. The quantitative estimate of drug-likeness (QED) is 0.497. The number of nitrogens with zero attached hydrogens (tertiary/aromatic N) is 2. The standard InChI is InChI=1S/C25H22N4O4S/c1-15-20(24(31)29-19-6-4-3-5-7-19)11-18(12-26)25(28-15)34-16(2)23(30)27-13-17-8-9-21-22(10-17)33-14-32-21/h3-11,16H,13-14H2,1-2H3,(H,27,30)(H,29,31). The summed E-state index contributed by atoms with van der Waals surface area (Å²) in [4.78, 5) is 29.8. The van der Waals surface area contributed by atoms with Crippen LogP contribution in [0.1, 0.15) is 34.1 Å². The number of ether oxygens (including phenoxy) is 2. The van der Waals surface area contributed by atoms with Gasteiger partial charge in [-0.05, 0) is 49.7 Å². The largest absolute Gasteiger partial charge is 0.454 e. The molecule has 1 unspecified atom stereocenters. The number of benzene rings is 2. The zero-order valence-electron chi connectivity index (χ0n) is 18.6. The number of carbonyl (C=O) groups is 2. The molecule has 172 valence electrons. The van der Waals surface area contributed by atoms with Crippen LogP contribution in [0.5, 0.6) is 11.5 Å². The number of pyridine rings is 1. The SMILES string of the molecule is Cc1nc(SC(C)C(=O)NCc2ccc3c(c2)OCO3)c(C#N)cc1C(=O)Nc1ccccc1. The molecule has 0 aliphatic carbocycles. The maximum absolute atomic E-state index is 12.7. The Kier molecular flexibility index (Phi) is 6.99. The number of nitriles is 1. The van der Waals surface area contributed by atoms with Gasteiger partial charge < -0.3 is 20.1 Å². The topological polar surface area (TPSA) is 113 Å². The molecule has 0 fully saturated rings. The molecule has 0 spiro atoms. The lowest BCUT2D eigenvalue weighted by molar-refractivity contribution is -0.120. The highest BCUT2D eigenvalue weighted by Gasteiger charge is 2.21. The fourth-order valence-corrected chi connectivity index (χ4v) is 4.25. The second kappa shape index (κ2) is 10.3. The molecule has 2 aromatic carbocycles. The molecule has 1 atom stereocenters. The van der Waals surface area contributed by atoms with Crippen molar-refractivity contribution in [3.8, 4) is 17.6 Å². The van der Waals surface area contributed by atoms with Gasteiger partial charge in [-0.3, -0.25) is 9.59 Å². The number of para-hydroxylation sites is 1. The molecule has 0 saturated carbocycles. The van der Waals surface area contributed by atoms with Crippen LogP contribution in [-0.2, 0) is 11.3 Å². The normalized spacial score (nSPS) is 12.5. The summed E-state index contributed by atoms with van der Waals surface area (Å²) in [5.41, 5.74) is 2.56. The van der Waals surface area contributed by atoms with E-state index >= 15 is 0 Å². The summed E-state index contributed by atoms with van der Waals surface area (Å²) in [7, 11) is 0. The first-order valence-electron chi connectivity index (χ1n) is 10.6. The molecule has 1 aliphatic rings. The summed E-state index contributed by atoms with van der Waals surface area (Å²) in [6, 6.07) is 18.2. The molecule has 8 nitrogen and oxygen atoms in total. The van der Waals surface area contributed by atoms with Crippen molar-refractivity contribution in [1.82, 2.24) is 10.3 Å². The molecular weight excluding hydrogens is 452 g/mol. The van der Waals surface area contributed by atoms with Gasteiger partial charge in [0.1, 0.15) is 11.1 Å². The van der Waals surface area contributed by atoms with Gasteiger partial charge in [0.15, 0.2) is 11.5 Å². The minimum absolute atomic E-state index is 0.194. The number of anilines is 1. The van der Waals surface area contributed by atoms with Crippen molar-refractivity contribution in [1.29, 1.82) is 5.26 Å². The first kappa shape index (κ1) is 23.1. The predicted octanol–water partition coefficient (Wildman–Crippen LogP) is 4.04. The van der Waals surface area contributed by atoms with Crippen LogP contribution < -0.4 is 20.1 Å². The van der Waals surface area contributed by atoms with E-state index in [4.69, 9.17) is 9.47 Å². The van der Waals surface area contributed by atoms with Crippen LogP contribution in [0.15, 0.2) is 59.6 Å². The molecule has 2 amide bonds. The van der Waals surface area contributed by atoms with Gasteiger partial charge in [0.05, 0.1) is 22.1 Å². The minimum Gasteiger partial charge on any atom is -0.454 e. The van der Waals surface area contributed by atoms with Gasteiger partial charge in [0.25, 0.3) is 5.91 Å². The highest BCUT2D eigenvalue weighted by molar-refractivity contribution is 8.00. The number of thioether (sulfide) groups is 1. The number of carbonyl (C=O) groups excluding carboxylic acids is 2. The molecule has 9 heteroatoms. The van der Waals surface area contributed by atoms with Crippen LogP contribution in [0.4, 0.5) is 5.69 Å². The van der Waals surface area contributed by atoms with Crippen molar-refractivity contribution in [2.45, 2.75) is 30.7 Å². The molecule has 0 bridgehead atoms. The van der Waals surface area contributed by atoms with Crippen molar-refractivity contribution in [3.05, 3.63) is 77.0 Å². The first-order chi connectivity index (χ1) is 16.4. The molecule has 2 heterocycles. The van der Waals surface area contributed by atoms with E-state index in [0.717, 1.165) is 5.56 Å². The lowest BCUT2D eigenvalue weighted by Gasteiger charge is -2.14. The van der Waals surface area contributed by atoms with Crippen molar-refractivity contribution in [2.24, 2.45) is 0 Å². The Morgan fingerprint density at radius 3 is 2.68 bits per heavy atom. The van der Waals surface area contributed by atoms with Crippen LogP contribution in [0.3, 0.4) is 0 Å². The van der Waals surface area contributed by atoms with Crippen LogP contribution in [0.25, 0.3) is 0 Å². The summed E-state index contributed by atoms with van der Waals surface area (Å²) < 4.78 is 10.7. The van der Waals surface area contributed by atoms with E-state index in [1.165, 1.54) is 17.8 Å². The number of fused-ring (bicyclic) bond motifs is 1. The lowest BCUT2D eigenvalue weighted by atomic mass is 10.1. The van der Waals surface area contributed by atoms with Crippen LogP contribution >= 0.6 is 11.8 Å². The second-order valence-electron chi connectivity index (χ2n) is 7.57. The highest BCUT2D eigenvalue weighted by atomic mass is 32.2. The van der Waals surface area contributed by atoms with Gasteiger partial charge in [0, 0.05) is 12.2 Å². The number of hydrogen-bond acceptors (Lipinski definition) is 7.